The van der Waals surface area contributed by atoms with Crippen molar-refractivity contribution in [2.45, 2.75) is 6.92 Å². The second-order valence-electron chi connectivity index (χ2n) is 1.22. The summed E-state index contributed by atoms with van der Waals surface area (Å²) >= 11 is 0. The SMILES string of the molecule is [CH2]COP(=O)(O)OCC. The van der Waals surface area contributed by atoms with Gasteiger partial charge in [-0.15, -0.1) is 0 Å². The van der Waals surface area contributed by atoms with Crippen LogP contribution in [0.2, 0.25) is 0 Å². The highest BCUT2D eigenvalue weighted by atomic mass is 31.2. The van der Waals surface area contributed by atoms with Gasteiger partial charge in [0, 0.05) is 0 Å². The van der Waals surface area contributed by atoms with E-state index in [1.54, 1.807) is 6.92 Å². The number of phosphoric ester groups is 1. The molecule has 0 bridgehead atoms. The molecule has 0 spiro atoms. The van der Waals surface area contributed by atoms with Crippen molar-refractivity contribution in [3.05, 3.63) is 6.92 Å². The molecule has 0 aliphatic rings. The molecule has 4 nitrogen and oxygen atoms in total. The number of rotatable bonds is 4. The second-order valence-corrected chi connectivity index (χ2v) is 2.67. The maximum atomic E-state index is 10.5. The van der Waals surface area contributed by atoms with Crippen LogP contribution in [0.4, 0.5) is 0 Å². The van der Waals surface area contributed by atoms with Gasteiger partial charge >= 0.3 is 7.82 Å². The van der Waals surface area contributed by atoms with Crippen LogP contribution in [0, 0.1) is 6.92 Å². The van der Waals surface area contributed by atoms with Crippen LogP contribution in [0.15, 0.2) is 0 Å². The van der Waals surface area contributed by atoms with Gasteiger partial charge in [0.25, 0.3) is 0 Å². The fraction of sp³-hybridized carbons (Fsp3) is 0.750. The normalized spacial score (nSPS) is 11.9. The molecule has 1 N–H and O–H groups in total. The summed E-state index contributed by atoms with van der Waals surface area (Å²) in [5, 5.41) is 0. The first-order chi connectivity index (χ1) is 4.12. The molecule has 0 amide bonds. The maximum Gasteiger partial charge on any atom is 0.472 e. The van der Waals surface area contributed by atoms with E-state index in [1.165, 1.54) is 0 Å². The number of phosphoric acid groups is 1. The molecule has 0 fully saturated rings. The average molecular weight is 153 g/mol. The average Bonchev–Trinajstić information content (AvgIpc) is 1.64. The monoisotopic (exact) mass is 153 g/mol. The minimum atomic E-state index is -3.76. The third-order valence-electron chi connectivity index (χ3n) is 0.547. The van der Waals surface area contributed by atoms with E-state index in [-0.39, 0.29) is 13.2 Å². The Bertz CT molecular complexity index is 103. The predicted octanol–water partition coefficient (Wildman–Crippen LogP) is 0.974. The zero-order chi connectivity index (χ0) is 7.33. The van der Waals surface area contributed by atoms with Gasteiger partial charge in [0.1, 0.15) is 0 Å². The molecule has 0 heterocycles. The standard InChI is InChI=1S/C4H10O4P/c1-3-7-9(5,6)8-4-2/h1,3-4H2,2H3,(H,5,6). The Morgan fingerprint density at radius 1 is 1.67 bits per heavy atom. The van der Waals surface area contributed by atoms with Gasteiger partial charge in [0.05, 0.1) is 13.2 Å². The Morgan fingerprint density at radius 2 is 2.22 bits per heavy atom. The van der Waals surface area contributed by atoms with Crippen molar-refractivity contribution >= 4 is 7.82 Å². The number of hydrogen-bond acceptors (Lipinski definition) is 3. The highest BCUT2D eigenvalue weighted by Crippen LogP contribution is 2.42. The molecule has 55 valence electrons. The van der Waals surface area contributed by atoms with Crippen molar-refractivity contribution < 1.29 is 18.5 Å². The minimum absolute atomic E-state index is 0.0617. The van der Waals surface area contributed by atoms with Crippen LogP contribution in [0.3, 0.4) is 0 Å². The Morgan fingerprint density at radius 3 is 2.56 bits per heavy atom. The summed E-state index contributed by atoms with van der Waals surface area (Å²) in [7, 11) is -3.76. The Balaban J connectivity index is 3.58. The lowest BCUT2D eigenvalue weighted by Crippen LogP contribution is -1.93. The van der Waals surface area contributed by atoms with E-state index in [0.29, 0.717) is 0 Å². The van der Waals surface area contributed by atoms with Crippen molar-refractivity contribution in [2.75, 3.05) is 13.2 Å². The van der Waals surface area contributed by atoms with Gasteiger partial charge in [-0.3, -0.25) is 9.05 Å². The molecule has 0 saturated carbocycles. The smallest absolute Gasteiger partial charge is 0.302 e. The molecule has 1 unspecified atom stereocenters. The highest BCUT2D eigenvalue weighted by molar-refractivity contribution is 7.47. The quantitative estimate of drug-likeness (QED) is 0.611. The van der Waals surface area contributed by atoms with Gasteiger partial charge in [-0.1, -0.05) is 0 Å². The largest absolute Gasteiger partial charge is 0.472 e. The molecule has 0 saturated heterocycles. The van der Waals surface area contributed by atoms with Crippen LogP contribution in [0.1, 0.15) is 6.92 Å². The van der Waals surface area contributed by atoms with Crippen LogP contribution in [-0.4, -0.2) is 18.1 Å². The van der Waals surface area contributed by atoms with E-state index >= 15 is 0 Å². The molecule has 0 aromatic rings. The summed E-state index contributed by atoms with van der Waals surface area (Å²) in [4.78, 5) is 8.59. The summed E-state index contributed by atoms with van der Waals surface area (Å²) in [5.74, 6) is 0. The predicted molar refractivity (Wildman–Crippen MR) is 32.8 cm³/mol. The van der Waals surface area contributed by atoms with Crippen LogP contribution in [0.25, 0.3) is 0 Å². The zero-order valence-corrected chi connectivity index (χ0v) is 6.13. The van der Waals surface area contributed by atoms with Gasteiger partial charge in [0.15, 0.2) is 0 Å². The van der Waals surface area contributed by atoms with Crippen molar-refractivity contribution in [3.63, 3.8) is 0 Å². The van der Waals surface area contributed by atoms with E-state index < -0.39 is 7.82 Å². The second kappa shape index (κ2) is 4.01. The summed E-state index contributed by atoms with van der Waals surface area (Å²) in [6, 6.07) is 0. The third-order valence-corrected chi connectivity index (χ3v) is 1.64. The number of hydrogen-bond donors (Lipinski definition) is 1. The molecule has 1 radical (unpaired) electrons. The topological polar surface area (TPSA) is 55.8 Å². The fourth-order valence-corrected chi connectivity index (χ4v) is 0.947. The molecule has 0 aliphatic heterocycles. The van der Waals surface area contributed by atoms with Crippen molar-refractivity contribution in [1.82, 2.24) is 0 Å². The lowest BCUT2D eigenvalue weighted by atomic mass is 10.9. The van der Waals surface area contributed by atoms with E-state index in [4.69, 9.17) is 4.89 Å². The van der Waals surface area contributed by atoms with E-state index in [0.717, 1.165) is 0 Å². The van der Waals surface area contributed by atoms with Crippen LogP contribution < -0.4 is 0 Å². The lowest BCUT2D eigenvalue weighted by Gasteiger charge is -2.07. The van der Waals surface area contributed by atoms with Gasteiger partial charge in [0.2, 0.25) is 0 Å². The molecular formula is C4H10O4P. The summed E-state index contributed by atoms with van der Waals surface area (Å²) in [6.45, 7) is 4.92. The Kier molecular flexibility index (Phi) is 4.06. The molecule has 5 heteroatoms. The van der Waals surface area contributed by atoms with E-state index in [1.807, 2.05) is 0 Å². The minimum Gasteiger partial charge on any atom is -0.302 e. The molecule has 0 rings (SSSR count). The van der Waals surface area contributed by atoms with E-state index in [2.05, 4.69) is 16.0 Å². The van der Waals surface area contributed by atoms with Crippen LogP contribution in [0.5, 0.6) is 0 Å². The maximum absolute atomic E-state index is 10.5. The first-order valence-corrected chi connectivity index (χ1v) is 4.03. The first kappa shape index (κ1) is 9.11. The molecule has 9 heavy (non-hydrogen) atoms. The zero-order valence-electron chi connectivity index (χ0n) is 5.24. The Hall–Kier alpha value is 0.110. The molecular weight excluding hydrogens is 143 g/mol. The van der Waals surface area contributed by atoms with Crippen molar-refractivity contribution in [2.24, 2.45) is 0 Å². The van der Waals surface area contributed by atoms with E-state index in [9.17, 15) is 4.57 Å². The van der Waals surface area contributed by atoms with Crippen LogP contribution >= 0.6 is 7.82 Å². The molecule has 0 aromatic heterocycles. The molecule has 1 atom stereocenters. The summed E-state index contributed by atoms with van der Waals surface area (Å²) in [6.07, 6.45) is 0. The van der Waals surface area contributed by atoms with Crippen molar-refractivity contribution in [1.29, 1.82) is 0 Å². The summed E-state index contributed by atoms with van der Waals surface area (Å²) < 4.78 is 19.1. The van der Waals surface area contributed by atoms with Gasteiger partial charge in [-0.05, 0) is 13.8 Å². The van der Waals surface area contributed by atoms with Gasteiger partial charge in [-0.2, -0.15) is 0 Å². The van der Waals surface area contributed by atoms with Crippen molar-refractivity contribution in [3.8, 4) is 0 Å². The Labute approximate surface area is 54.4 Å². The van der Waals surface area contributed by atoms with Gasteiger partial charge in [-0.25, -0.2) is 4.57 Å². The molecule has 0 aromatic carbocycles. The fourth-order valence-electron chi connectivity index (χ4n) is 0.316. The lowest BCUT2D eigenvalue weighted by molar-refractivity contribution is 0.167. The first-order valence-electron chi connectivity index (χ1n) is 2.53. The summed E-state index contributed by atoms with van der Waals surface area (Å²) in [5.41, 5.74) is 0. The van der Waals surface area contributed by atoms with Crippen LogP contribution in [-0.2, 0) is 13.6 Å². The highest BCUT2D eigenvalue weighted by Gasteiger charge is 2.17. The van der Waals surface area contributed by atoms with Gasteiger partial charge < -0.3 is 4.89 Å². The third kappa shape index (κ3) is 4.60. The molecule has 0 aliphatic carbocycles.